The smallest absolute Gasteiger partial charge is 0.135 e. The Morgan fingerprint density at radius 1 is 1.28 bits per heavy atom. The van der Waals surface area contributed by atoms with Crippen LogP contribution in [0.5, 0.6) is 5.75 Å². The number of aliphatic hydroxyl groups excluding tert-OH is 1. The van der Waals surface area contributed by atoms with Crippen LogP contribution in [-0.4, -0.2) is 17.8 Å². The predicted octanol–water partition coefficient (Wildman–Crippen LogP) is 3.30. The van der Waals surface area contributed by atoms with Crippen LogP contribution >= 0.6 is 0 Å². The van der Waals surface area contributed by atoms with E-state index in [9.17, 15) is 0 Å². The Morgan fingerprint density at radius 3 is 2.61 bits per heavy atom. The van der Waals surface area contributed by atoms with Gasteiger partial charge in [-0.3, -0.25) is 0 Å². The molecule has 0 aliphatic heterocycles. The van der Waals surface area contributed by atoms with E-state index in [2.05, 4.69) is 25.7 Å². The molecule has 0 unspecified atom stereocenters. The third-order valence-electron chi connectivity index (χ3n) is 2.80. The standard InChI is InChI=1S/C16H22O2/c1-4-15(5-2)18-16-10-9-13(3)12-14(16)8-6-7-11-17/h9-10,12,15,17H,4-5,7,11H2,1-3H3. The number of benzene rings is 1. The van der Waals surface area contributed by atoms with Crippen LogP contribution in [-0.2, 0) is 0 Å². The summed E-state index contributed by atoms with van der Waals surface area (Å²) in [5, 5.41) is 8.76. The number of aliphatic hydroxyl groups is 1. The van der Waals surface area contributed by atoms with Crippen LogP contribution in [0.3, 0.4) is 0 Å². The molecule has 2 nitrogen and oxygen atoms in total. The van der Waals surface area contributed by atoms with Crippen molar-refractivity contribution in [2.75, 3.05) is 6.61 Å². The molecule has 2 heteroatoms. The highest BCUT2D eigenvalue weighted by molar-refractivity contribution is 5.48. The van der Waals surface area contributed by atoms with Gasteiger partial charge in [0.1, 0.15) is 5.75 Å². The third kappa shape index (κ3) is 4.43. The predicted molar refractivity (Wildman–Crippen MR) is 74.8 cm³/mol. The Bertz CT molecular complexity index is 422. The lowest BCUT2D eigenvalue weighted by Gasteiger charge is -2.17. The summed E-state index contributed by atoms with van der Waals surface area (Å²) in [5.41, 5.74) is 2.08. The molecule has 1 aromatic rings. The summed E-state index contributed by atoms with van der Waals surface area (Å²) in [7, 11) is 0. The Balaban J connectivity index is 2.93. The van der Waals surface area contributed by atoms with E-state index in [4.69, 9.17) is 9.84 Å². The molecule has 1 rings (SSSR count). The minimum atomic E-state index is 0.0988. The van der Waals surface area contributed by atoms with Gasteiger partial charge in [0.25, 0.3) is 0 Å². The Kier molecular flexibility index (Phi) is 6.32. The molecular weight excluding hydrogens is 224 g/mol. The molecular formula is C16H22O2. The molecule has 1 aromatic carbocycles. The van der Waals surface area contributed by atoms with Gasteiger partial charge in [0.05, 0.1) is 18.3 Å². The first-order chi connectivity index (χ1) is 8.71. The van der Waals surface area contributed by atoms with Gasteiger partial charge < -0.3 is 9.84 Å². The molecule has 1 N–H and O–H groups in total. The Hall–Kier alpha value is -1.46. The van der Waals surface area contributed by atoms with Gasteiger partial charge in [-0.2, -0.15) is 0 Å². The van der Waals surface area contributed by atoms with Crippen molar-refractivity contribution in [3.63, 3.8) is 0 Å². The average molecular weight is 246 g/mol. The van der Waals surface area contributed by atoms with E-state index in [0.717, 1.165) is 24.2 Å². The maximum atomic E-state index is 8.76. The lowest BCUT2D eigenvalue weighted by molar-refractivity contribution is 0.192. The zero-order valence-corrected chi connectivity index (χ0v) is 11.5. The molecule has 0 aromatic heterocycles. The number of aryl methyl sites for hydroxylation is 1. The van der Waals surface area contributed by atoms with Crippen LogP contribution in [0.1, 0.15) is 44.2 Å². The van der Waals surface area contributed by atoms with E-state index in [1.54, 1.807) is 0 Å². The molecule has 0 amide bonds. The van der Waals surface area contributed by atoms with Crippen molar-refractivity contribution >= 4 is 0 Å². The highest BCUT2D eigenvalue weighted by atomic mass is 16.5. The van der Waals surface area contributed by atoms with Crippen LogP contribution in [0.15, 0.2) is 18.2 Å². The maximum absolute atomic E-state index is 8.76. The highest BCUT2D eigenvalue weighted by Gasteiger charge is 2.08. The van der Waals surface area contributed by atoms with Gasteiger partial charge >= 0.3 is 0 Å². The topological polar surface area (TPSA) is 29.5 Å². The van der Waals surface area contributed by atoms with Gasteiger partial charge in [-0.15, -0.1) is 0 Å². The van der Waals surface area contributed by atoms with E-state index < -0.39 is 0 Å². The minimum absolute atomic E-state index is 0.0988. The molecule has 0 saturated heterocycles. The average Bonchev–Trinajstić information content (AvgIpc) is 2.38. The molecule has 98 valence electrons. The summed E-state index contributed by atoms with van der Waals surface area (Å²) in [5.74, 6) is 6.87. The summed E-state index contributed by atoms with van der Waals surface area (Å²) in [6.45, 7) is 6.39. The van der Waals surface area contributed by atoms with Crippen molar-refractivity contribution in [3.05, 3.63) is 29.3 Å². The summed E-state index contributed by atoms with van der Waals surface area (Å²) in [6, 6.07) is 6.05. The second-order valence-electron chi connectivity index (χ2n) is 4.33. The molecule has 0 atom stereocenters. The molecule has 0 aliphatic carbocycles. The molecule has 0 heterocycles. The van der Waals surface area contributed by atoms with E-state index >= 15 is 0 Å². The second-order valence-corrected chi connectivity index (χ2v) is 4.33. The first kappa shape index (κ1) is 14.6. The number of ether oxygens (including phenoxy) is 1. The van der Waals surface area contributed by atoms with Crippen LogP contribution in [0.2, 0.25) is 0 Å². The normalized spacial score (nSPS) is 10.1. The second kappa shape index (κ2) is 7.79. The zero-order valence-electron chi connectivity index (χ0n) is 11.5. The minimum Gasteiger partial charge on any atom is -0.489 e. The molecule has 0 radical (unpaired) electrons. The van der Waals surface area contributed by atoms with Crippen molar-refractivity contribution < 1.29 is 9.84 Å². The van der Waals surface area contributed by atoms with Crippen LogP contribution in [0.25, 0.3) is 0 Å². The fraction of sp³-hybridized carbons (Fsp3) is 0.500. The fourth-order valence-electron chi connectivity index (χ4n) is 1.69. The largest absolute Gasteiger partial charge is 0.489 e. The number of hydrogen-bond donors (Lipinski definition) is 1. The fourth-order valence-corrected chi connectivity index (χ4v) is 1.69. The summed E-state index contributed by atoms with van der Waals surface area (Å²) in [4.78, 5) is 0. The SMILES string of the molecule is CCC(CC)Oc1ccc(C)cc1C#CCCO. The molecule has 0 bridgehead atoms. The lowest BCUT2D eigenvalue weighted by atomic mass is 10.1. The molecule has 0 spiro atoms. The molecule has 18 heavy (non-hydrogen) atoms. The van der Waals surface area contributed by atoms with Crippen molar-refractivity contribution in [1.82, 2.24) is 0 Å². The van der Waals surface area contributed by atoms with E-state index in [1.165, 1.54) is 5.56 Å². The highest BCUT2D eigenvalue weighted by Crippen LogP contribution is 2.22. The van der Waals surface area contributed by atoms with Crippen molar-refractivity contribution in [3.8, 4) is 17.6 Å². The molecule has 0 fully saturated rings. The van der Waals surface area contributed by atoms with Crippen molar-refractivity contribution in [2.45, 2.75) is 46.1 Å². The molecule has 0 aliphatic rings. The van der Waals surface area contributed by atoms with E-state index in [0.29, 0.717) is 6.42 Å². The zero-order chi connectivity index (χ0) is 13.4. The Morgan fingerprint density at radius 2 is 2.00 bits per heavy atom. The van der Waals surface area contributed by atoms with Crippen LogP contribution < -0.4 is 4.74 Å². The van der Waals surface area contributed by atoms with Crippen LogP contribution in [0, 0.1) is 18.8 Å². The van der Waals surface area contributed by atoms with Gasteiger partial charge in [-0.05, 0) is 37.5 Å². The Labute approximate surface area is 110 Å². The van der Waals surface area contributed by atoms with Gasteiger partial charge in [-0.1, -0.05) is 31.8 Å². The quantitative estimate of drug-likeness (QED) is 0.808. The van der Waals surface area contributed by atoms with Gasteiger partial charge in [-0.25, -0.2) is 0 Å². The van der Waals surface area contributed by atoms with Gasteiger partial charge in [0.15, 0.2) is 0 Å². The number of hydrogen-bond acceptors (Lipinski definition) is 2. The first-order valence-corrected chi connectivity index (χ1v) is 6.58. The van der Waals surface area contributed by atoms with E-state index in [-0.39, 0.29) is 12.7 Å². The summed E-state index contributed by atoms with van der Waals surface area (Å²) in [6.07, 6.45) is 2.73. The van der Waals surface area contributed by atoms with Gasteiger partial charge in [0.2, 0.25) is 0 Å². The maximum Gasteiger partial charge on any atom is 0.135 e. The van der Waals surface area contributed by atoms with Crippen LogP contribution in [0.4, 0.5) is 0 Å². The first-order valence-electron chi connectivity index (χ1n) is 6.58. The summed E-state index contributed by atoms with van der Waals surface area (Å²) >= 11 is 0. The van der Waals surface area contributed by atoms with Crippen molar-refractivity contribution in [2.24, 2.45) is 0 Å². The number of rotatable bonds is 5. The van der Waals surface area contributed by atoms with Crippen molar-refractivity contribution in [1.29, 1.82) is 0 Å². The lowest BCUT2D eigenvalue weighted by Crippen LogP contribution is -2.14. The monoisotopic (exact) mass is 246 g/mol. The molecule has 0 saturated carbocycles. The van der Waals surface area contributed by atoms with E-state index in [1.807, 2.05) is 25.1 Å². The van der Waals surface area contributed by atoms with Gasteiger partial charge in [0, 0.05) is 6.42 Å². The third-order valence-corrected chi connectivity index (χ3v) is 2.80. The summed E-state index contributed by atoms with van der Waals surface area (Å²) < 4.78 is 5.96.